The predicted molar refractivity (Wildman–Crippen MR) is 94.1 cm³/mol. The van der Waals surface area contributed by atoms with E-state index in [0.717, 1.165) is 6.04 Å². The largest absolute Gasteiger partial charge is 0.394 e. The monoisotopic (exact) mass is 298 g/mol. The molecule has 1 N–H and O–H groups in total. The number of aliphatic hydroxyl groups is 1. The Bertz CT molecular complexity index is 516. The zero-order valence-electron chi connectivity index (χ0n) is 13.5. The number of rotatable bonds is 4. The molecule has 2 aromatic rings. The van der Waals surface area contributed by atoms with Crippen molar-refractivity contribution in [2.24, 2.45) is 0 Å². The van der Waals surface area contributed by atoms with Gasteiger partial charge in [0.1, 0.15) is 8.07 Å². The summed E-state index contributed by atoms with van der Waals surface area (Å²) in [5, 5.41) is 13.2. The maximum absolute atomic E-state index is 10.2. The molecule has 2 heteroatoms. The fourth-order valence-corrected chi connectivity index (χ4v) is 9.02. The van der Waals surface area contributed by atoms with Gasteiger partial charge in [-0.15, -0.1) is 0 Å². The Labute approximate surface area is 129 Å². The Morgan fingerprint density at radius 2 is 1.24 bits per heavy atom. The summed E-state index contributed by atoms with van der Waals surface area (Å²) in [4.78, 5) is 0. The molecule has 0 radical (unpaired) electrons. The minimum atomic E-state index is -2.06. The van der Waals surface area contributed by atoms with Gasteiger partial charge in [-0.25, -0.2) is 0 Å². The van der Waals surface area contributed by atoms with Crippen LogP contribution in [-0.2, 0) is 0 Å². The van der Waals surface area contributed by atoms with E-state index < -0.39 is 8.07 Å². The van der Waals surface area contributed by atoms with Gasteiger partial charge in [0, 0.05) is 6.10 Å². The molecule has 0 heterocycles. The summed E-state index contributed by atoms with van der Waals surface area (Å²) in [5.41, 5.74) is 0. The molecule has 1 nitrogen and oxygen atoms in total. The van der Waals surface area contributed by atoms with Crippen molar-refractivity contribution in [2.75, 3.05) is 0 Å². The van der Waals surface area contributed by atoms with E-state index in [4.69, 9.17) is 0 Å². The average molecular weight is 299 g/mol. The molecule has 2 aromatic carbocycles. The van der Waals surface area contributed by atoms with Crippen LogP contribution >= 0.6 is 0 Å². The molecule has 0 saturated carbocycles. The molecular formula is C19H26OSi. The molecule has 112 valence electrons. The number of hydrogen-bond donors (Lipinski definition) is 1. The smallest absolute Gasteiger partial charge is 0.125 e. The van der Waals surface area contributed by atoms with Crippen molar-refractivity contribution in [3.05, 3.63) is 60.7 Å². The van der Waals surface area contributed by atoms with Crippen LogP contribution in [0.25, 0.3) is 0 Å². The summed E-state index contributed by atoms with van der Waals surface area (Å²) in [5.74, 6) is 0. The molecule has 2 rings (SSSR count). The molecule has 0 aliphatic carbocycles. The van der Waals surface area contributed by atoms with Crippen molar-refractivity contribution in [1.29, 1.82) is 0 Å². The maximum atomic E-state index is 10.2. The van der Waals surface area contributed by atoms with Crippen LogP contribution in [0.2, 0.25) is 11.1 Å². The highest BCUT2D eigenvalue weighted by Gasteiger charge is 2.47. The highest BCUT2D eigenvalue weighted by Crippen LogP contribution is 2.39. The van der Waals surface area contributed by atoms with Gasteiger partial charge in [-0.2, -0.15) is 0 Å². The van der Waals surface area contributed by atoms with E-state index in [1.165, 1.54) is 10.4 Å². The van der Waals surface area contributed by atoms with E-state index >= 15 is 0 Å². The summed E-state index contributed by atoms with van der Waals surface area (Å²) in [6, 6.07) is 22.4. The third-order valence-electron chi connectivity index (χ3n) is 4.42. The average Bonchev–Trinajstić information content (AvgIpc) is 2.45. The van der Waals surface area contributed by atoms with Crippen LogP contribution in [0, 0.1) is 0 Å². The van der Waals surface area contributed by atoms with E-state index in [1.54, 1.807) is 0 Å². The van der Waals surface area contributed by atoms with Crippen LogP contribution in [0.1, 0.15) is 27.7 Å². The maximum Gasteiger partial charge on any atom is 0.125 e. The zero-order chi connectivity index (χ0) is 15.5. The van der Waals surface area contributed by atoms with Crippen molar-refractivity contribution < 1.29 is 5.11 Å². The molecule has 0 bridgehead atoms. The van der Waals surface area contributed by atoms with Gasteiger partial charge in [0.25, 0.3) is 0 Å². The second-order valence-corrected chi connectivity index (χ2v) is 11.8. The van der Waals surface area contributed by atoms with Crippen molar-refractivity contribution in [1.82, 2.24) is 0 Å². The highest BCUT2D eigenvalue weighted by atomic mass is 28.3. The first kappa shape index (κ1) is 16.0. The molecule has 0 aromatic heterocycles. The minimum absolute atomic E-state index is 0.132. The SMILES string of the molecule is C[C@@H](O)C[Si](c1ccccc1)(c1ccccc1)C(C)(C)C. The zero-order valence-corrected chi connectivity index (χ0v) is 14.5. The lowest BCUT2D eigenvalue weighted by Crippen LogP contribution is -2.65. The molecule has 1 atom stereocenters. The number of hydrogen-bond acceptors (Lipinski definition) is 1. The van der Waals surface area contributed by atoms with E-state index in [1.807, 2.05) is 6.92 Å². The van der Waals surface area contributed by atoms with E-state index in [2.05, 4.69) is 81.4 Å². The normalized spacial score (nSPS) is 14.0. The van der Waals surface area contributed by atoms with E-state index in [-0.39, 0.29) is 11.1 Å². The second kappa shape index (κ2) is 6.16. The van der Waals surface area contributed by atoms with Crippen molar-refractivity contribution in [3.63, 3.8) is 0 Å². The molecule has 0 fully saturated rings. The Morgan fingerprint density at radius 3 is 1.52 bits per heavy atom. The molecule has 21 heavy (non-hydrogen) atoms. The standard InChI is InChI=1S/C19H26OSi/c1-16(20)15-21(19(2,3)4,17-11-7-5-8-12-17)18-13-9-6-10-14-18/h5-14,16,20H,15H2,1-4H3/t16-/m1/s1. The third-order valence-corrected chi connectivity index (χ3v) is 10.8. The number of benzene rings is 2. The topological polar surface area (TPSA) is 20.2 Å². The Kier molecular flexibility index (Phi) is 4.69. The van der Waals surface area contributed by atoms with E-state index in [0.29, 0.717) is 0 Å². The first-order valence-electron chi connectivity index (χ1n) is 7.67. The van der Waals surface area contributed by atoms with Crippen LogP contribution in [-0.4, -0.2) is 19.3 Å². The Balaban J connectivity index is 2.72. The van der Waals surface area contributed by atoms with E-state index in [9.17, 15) is 5.11 Å². The first-order chi connectivity index (χ1) is 9.88. The second-order valence-electron chi connectivity index (χ2n) is 6.94. The quantitative estimate of drug-likeness (QED) is 0.858. The van der Waals surface area contributed by atoms with Gasteiger partial charge in [-0.1, -0.05) is 91.8 Å². The van der Waals surface area contributed by atoms with Crippen molar-refractivity contribution in [2.45, 2.75) is 44.9 Å². The lowest BCUT2D eigenvalue weighted by atomic mass is 10.2. The van der Waals surface area contributed by atoms with Crippen LogP contribution < -0.4 is 10.4 Å². The van der Waals surface area contributed by atoms with Crippen LogP contribution in [0.5, 0.6) is 0 Å². The van der Waals surface area contributed by atoms with Crippen molar-refractivity contribution in [3.8, 4) is 0 Å². The molecule has 0 unspecified atom stereocenters. The Hall–Kier alpha value is -1.38. The first-order valence-corrected chi connectivity index (χ1v) is 9.88. The lowest BCUT2D eigenvalue weighted by Gasteiger charge is -2.45. The van der Waals surface area contributed by atoms with Gasteiger partial charge in [0.05, 0.1) is 0 Å². The Morgan fingerprint density at radius 1 is 0.857 bits per heavy atom. The van der Waals surface area contributed by atoms with Gasteiger partial charge in [-0.3, -0.25) is 0 Å². The molecule has 0 aliphatic heterocycles. The lowest BCUT2D eigenvalue weighted by molar-refractivity contribution is 0.213. The molecule has 0 amide bonds. The van der Waals surface area contributed by atoms with Gasteiger partial charge < -0.3 is 5.11 Å². The third kappa shape index (κ3) is 3.12. The minimum Gasteiger partial charge on any atom is -0.394 e. The molecule has 0 aliphatic rings. The molecule has 0 saturated heterocycles. The van der Waals surface area contributed by atoms with Gasteiger partial charge >= 0.3 is 0 Å². The highest BCUT2D eigenvalue weighted by molar-refractivity contribution is 7.04. The summed E-state index contributed by atoms with van der Waals surface area (Å²) >= 11 is 0. The number of aliphatic hydroxyl groups excluding tert-OH is 1. The van der Waals surface area contributed by atoms with Crippen LogP contribution in [0.15, 0.2) is 60.7 Å². The molecular weight excluding hydrogens is 272 g/mol. The summed E-state index contributed by atoms with van der Waals surface area (Å²) < 4.78 is 0. The van der Waals surface area contributed by atoms with Gasteiger partial charge in [0.15, 0.2) is 0 Å². The summed E-state index contributed by atoms with van der Waals surface area (Å²) in [6.45, 7) is 8.88. The van der Waals surface area contributed by atoms with Gasteiger partial charge in [0.2, 0.25) is 0 Å². The van der Waals surface area contributed by atoms with Crippen LogP contribution in [0.3, 0.4) is 0 Å². The summed E-state index contributed by atoms with van der Waals surface area (Å²) in [6.07, 6.45) is -0.295. The fourth-order valence-electron chi connectivity index (χ4n) is 3.46. The van der Waals surface area contributed by atoms with Crippen molar-refractivity contribution >= 4 is 18.4 Å². The van der Waals surface area contributed by atoms with Crippen LogP contribution in [0.4, 0.5) is 0 Å². The predicted octanol–water partition coefficient (Wildman–Crippen LogP) is 3.43. The fraction of sp³-hybridized carbons (Fsp3) is 0.368. The summed E-state index contributed by atoms with van der Waals surface area (Å²) in [7, 11) is -2.06. The van der Waals surface area contributed by atoms with Gasteiger partial charge in [-0.05, 0) is 18.0 Å². The molecule has 0 spiro atoms.